The molecule has 0 aliphatic carbocycles. The van der Waals surface area contributed by atoms with Gasteiger partial charge in [0.05, 0.1) is 17.1 Å². The zero-order chi connectivity index (χ0) is 20.0. The minimum atomic E-state index is -0.759. The van der Waals surface area contributed by atoms with Gasteiger partial charge in [-0.3, -0.25) is 19.7 Å². The number of non-ortho nitro benzene ring substituents is 1. The average Bonchev–Trinajstić information content (AvgIpc) is 2.67. The van der Waals surface area contributed by atoms with E-state index in [9.17, 15) is 24.5 Å². The van der Waals surface area contributed by atoms with E-state index in [4.69, 9.17) is 4.74 Å². The molecule has 2 amide bonds. The van der Waals surface area contributed by atoms with E-state index in [0.717, 1.165) is 12.1 Å². The van der Waals surface area contributed by atoms with E-state index in [-0.39, 0.29) is 23.6 Å². The summed E-state index contributed by atoms with van der Waals surface area (Å²) in [4.78, 5) is 46.2. The molecule has 0 spiro atoms. The van der Waals surface area contributed by atoms with Crippen LogP contribution in [-0.2, 0) is 4.74 Å². The zero-order valence-electron chi connectivity index (χ0n) is 14.6. The Morgan fingerprint density at radius 3 is 2.19 bits per heavy atom. The summed E-state index contributed by atoms with van der Waals surface area (Å²) < 4.78 is 4.83. The van der Waals surface area contributed by atoms with Crippen LogP contribution in [0.15, 0.2) is 42.5 Å². The lowest BCUT2D eigenvalue weighted by atomic mass is 10.1. The smallest absolute Gasteiger partial charge is 0.338 e. The van der Waals surface area contributed by atoms with Gasteiger partial charge in [0.2, 0.25) is 0 Å². The molecule has 9 nitrogen and oxygen atoms in total. The molecule has 0 atom stereocenters. The van der Waals surface area contributed by atoms with Crippen molar-refractivity contribution in [2.24, 2.45) is 0 Å². The van der Waals surface area contributed by atoms with Crippen LogP contribution >= 0.6 is 0 Å². The third-order valence-electron chi connectivity index (χ3n) is 3.53. The Bertz CT molecular complexity index is 892. The highest BCUT2D eigenvalue weighted by Crippen LogP contribution is 2.20. The van der Waals surface area contributed by atoms with Crippen molar-refractivity contribution in [1.29, 1.82) is 0 Å². The first kappa shape index (κ1) is 19.6. The second-order valence-corrected chi connectivity index (χ2v) is 5.36. The summed E-state index contributed by atoms with van der Waals surface area (Å²) in [5.41, 5.74) is 0.238. The number of carbonyl (C=O) groups excluding carboxylic acids is 3. The monoisotopic (exact) mass is 371 g/mol. The summed E-state index contributed by atoms with van der Waals surface area (Å²) in [6.07, 6.45) is 0. The summed E-state index contributed by atoms with van der Waals surface area (Å²) in [5.74, 6) is -1.67. The first-order valence-electron chi connectivity index (χ1n) is 7.95. The molecule has 0 radical (unpaired) electrons. The van der Waals surface area contributed by atoms with Gasteiger partial charge in [-0.05, 0) is 37.3 Å². The van der Waals surface area contributed by atoms with Crippen molar-refractivity contribution in [3.8, 4) is 0 Å². The van der Waals surface area contributed by atoms with E-state index >= 15 is 0 Å². The molecule has 9 heteroatoms. The van der Waals surface area contributed by atoms with Gasteiger partial charge < -0.3 is 15.4 Å². The molecule has 0 unspecified atom stereocenters. The zero-order valence-corrected chi connectivity index (χ0v) is 14.6. The molecule has 2 aromatic rings. The maximum Gasteiger partial charge on any atom is 0.338 e. The van der Waals surface area contributed by atoms with Crippen molar-refractivity contribution in [3.05, 3.63) is 69.3 Å². The number of hydrogen-bond donors (Lipinski definition) is 2. The van der Waals surface area contributed by atoms with Gasteiger partial charge in [-0.2, -0.15) is 0 Å². The number of nitro benzene ring substituents is 1. The number of nitro groups is 1. The van der Waals surface area contributed by atoms with Crippen molar-refractivity contribution in [2.75, 3.05) is 19.0 Å². The predicted molar refractivity (Wildman–Crippen MR) is 96.8 cm³/mol. The van der Waals surface area contributed by atoms with E-state index in [0.29, 0.717) is 11.3 Å². The van der Waals surface area contributed by atoms with Crippen LogP contribution in [0.2, 0.25) is 0 Å². The van der Waals surface area contributed by atoms with Crippen molar-refractivity contribution >= 4 is 29.2 Å². The number of anilines is 1. The third kappa shape index (κ3) is 4.88. The number of nitrogens with zero attached hydrogens (tertiary/aromatic N) is 1. The van der Waals surface area contributed by atoms with Crippen LogP contribution in [-0.4, -0.2) is 36.4 Å². The molecule has 27 heavy (non-hydrogen) atoms. The van der Waals surface area contributed by atoms with Gasteiger partial charge in [0.1, 0.15) is 0 Å². The number of nitrogens with one attached hydrogen (secondary N) is 2. The Morgan fingerprint density at radius 2 is 1.63 bits per heavy atom. The normalized spacial score (nSPS) is 10.0. The number of rotatable bonds is 6. The number of benzene rings is 2. The number of ether oxygens (including phenoxy) is 1. The number of hydrogen-bond acceptors (Lipinski definition) is 6. The average molecular weight is 371 g/mol. The van der Waals surface area contributed by atoms with Crippen LogP contribution in [0.1, 0.15) is 38.0 Å². The van der Waals surface area contributed by atoms with E-state index in [1.807, 2.05) is 0 Å². The summed E-state index contributed by atoms with van der Waals surface area (Å²) in [7, 11) is 1.50. The van der Waals surface area contributed by atoms with Crippen LogP contribution in [0.5, 0.6) is 0 Å². The molecule has 0 fully saturated rings. The fourth-order valence-electron chi connectivity index (χ4n) is 2.23. The van der Waals surface area contributed by atoms with E-state index in [1.165, 1.54) is 37.4 Å². The minimum Gasteiger partial charge on any atom is -0.462 e. The van der Waals surface area contributed by atoms with Gasteiger partial charge in [0.25, 0.3) is 17.5 Å². The summed E-state index contributed by atoms with van der Waals surface area (Å²) >= 11 is 0. The molecule has 2 N–H and O–H groups in total. The van der Waals surface area contributed by atoms with Gasteiger partial charge in [0.15, 0.2) is 0 Å². The topological polar surface area (TPSA) is 128 Å². The fourth-order valence-corrected chi connectivity index (χ4v) is 2.23. The maximum atomic E-state index is 12.4. The Hall–Kier alpha value is -3.75. The molecule has 0 saturated carbocycles. The Balaban J connectivity index is 2.28. The maximum absolute atomic E-state index is 12.4. The molecule has 0 saturated heterocycles. The third-order valence-corrected chi connectivity index (χ3v) is 3.53. The van der Waals surface area contributed by atoms with Crippen LogP contribution in [0.25, 0.3) is 0 Å². The molecule has 0 aliphatic heterocycles. The van der Waals surface area contributed by atoms with Crippen molar-refractivity contribution < 1.29 is 24.0 Å². The first-order chi connectivity index (χ1) is 12.8. The van der Waals surface area contributed by atoms with Gasteiger partial charge in [0, 0.05) is 36.0 Å². The Morgan fingerprint density at radius 1 is 1.00 bits per heavy atom. The highest BCUT2D eigenvalue weighted by Gasteiger charge is 2.19. The van der Waals surface area contributed by atoms with Gasteiger partial charge in [-0.15, -0.1) is 0 Å². The van der Waals surface area contributed by atoms with E-state index < -0.39 is 22.5 Å². The van der Waals surface area contributed by atoms with Crippen molar-refractivity contribution in [1.82, 2.24) is 5.32 Å². The van der Waals surface area contributed by atoms with Crippen LogP contribution in [0.4, 0.5) is 11.4 Å². The first-order valence-corrected chi connectivity index (χ1v) is 7.95. The molecule has 0 bridgehead atoms. The fraction of sp³-hybridized carbons (Fsp3) is 0.167. The van der Waals surface area contributed by atoms with Crippen LogP contribution < -0.4 is 10.6 Å². The van der Waals surface area contributed by atoms with E-state index in [1.54, 1.807) is 6.92 Å². The largest absolute Gasteiger partial charge is 0.462 e. The lowest BCUT2D eigenvalue weighted by Crippen LogP contribution is -2.18. The quantitative estimate of drug-likeness (QED) is 0.456. The molecule has 140 valence electrons. The molecular weight excluding hydrogens is 354 g/mol. The number of carbonyl (C=O) groups is 3. The van der Waals surface area contributed by atoms with E-state index in [2.05, 4.69) is 10.6 Å². The SMILES string of the molecule is CCOC(=O)c1cc(C(=O)Nc2ccc(C(=O)NC)cc2)cc([N+](=O)[O-])c1. The lowest BCUT2D eigenvalue weighted by Gasteiger charge is -2.08. The molecule has 0 aliphatic rings. The van der Waals surface area contributed by atoms with Gasteiger partial charge in [-0.1, -0.05) is 0 Å². The standard InChI is InChI=1S/C18H17N3O6/c1-3-27-18(24)13-8-12(9-15(10-13)21(25)26)17(23)20-14-6-4-11(5-7-14)16(22)19-2/h4-10H,3H2,1-2H3,(H,19,22)(H,20,23). The Labute approximate surface area is 154 Å². The number of esters is 1. The van der Waals surface area contributed by atoms with Crippen LogP contribution in [0, 0.1) is 10.1 Å². The second kappa shape index (κ2) is 8.56. The molecular formula is C18H17N3O6. The summed E-state index contributed by atoms with van der Waals surface area (Å²) in [6.45, 7) is 1.70. The van der Waals surface area contributed by atoms with Crippen LogP contribution in [0.3, 0.4) is 0 Å². The van der Waals surface area contributed by atoms with Gasteiger partial charge in [-0.25, -0.2) is 4.79 Å². The molecule has 0 heterocycles. The predicted octanol–water partition coefficient (Wildman–Crippen LogP) is 2.38. The molecule has 2 rings (SSSR count). The highest BCUT2D eigenvalue weighted by atomic mass is 16.6. The Kier molecular flexibility index (Phi) is 6.21. The second-order valence-electron chi connectivity index (χ2n) is 5.36. The van der Waals surface area contributed by atoms with Crippen molar-refractivity contribution in [2.45, 2.75) is 6.92 Å². The highest BCUT2D eigenvalue weighted by molar-refractivity contribution is 6.06. The summed E-state index contributed by atoms with van der Waals surface area (Å²) in [5, 5.41) is 16.1. The minimum absolute atomic E-state index is 0.0670. The van der Waals surface area contributed by atoms with Crippen molar-refractivity contribution in [3.63, 3.8) is 0 Å². The number of amides is 2. The lowest BCUT2D eigenvalue weighted by molar-refractivity contribution is -0.384. The molecule has 0 aromatic heterocycles. The molecule has 2 aromatic carbocycles. The van der Waals surface area contributed by atoms with Gasteiger partial charge >= 0.3 is 5.97 Å². The summed E-state index contributed by atoms with van der Waals surface area (Å²) in [6, 6.07) is 9.42.